The number of nitrogens with zero attached hydrogens (tertiary/aromatic N) is 5. The molecule has 6 rings (SSSR count). The molecule has 38 heavy (non-hydrogen) atoms. The van der Waals surface area contributed by atoms with Crippen LogP contribution in [0, 0.1) is 5.92 Å². The standard InChI is InChI=1S/C29H32N6O3/c36-28-23-8-1-2-9-24(23)32-29(37)34(28)15-4-3-14-33-16-11-21(12-17-33)19-26-31-25-10-5-13-30-27(25)35(26)20-22-7-6-18-38-22/h1-2,5-10,13,18,21H,3-4,11-12,14-17,19-20H2,(H,32,37). The molecule has 0 unspecified atom stereocenters. The third-order valence-electron chi connectivity index (χ3n) is 7.65. The zero-order valence-corrected chi connectivity index (χ0v) is 21.4. The number of piperidine rings is 1. The SMILES string of the molecule is O=c1[nH]c2ccccc2c(=O)n1CCCCN1CCC(Cc2nc3cccnc3n2Cc2ccco2)CC1. The molecule has 1 aliphatic heterocycles. The number of para-hydroxylation sites is 1. The van der Waals surface area contributed by atoms with Crippen LogP contribution in [-0.4, -0.2) is 48.6 Å². The van der Waals surface area contributed by atoms with Crippen LogP contribution >= 0.6 is 0 Å². The molecule has 0 bridgehead atoms. The summed E-state index contributed by atoms with van der Waals surface area (Å²) in [6, 6.07) is 15.0. The van der Waals surface area contributed by atoms with Crippen LogP contribution in [0.4, 0.5) is 0 Å². The topological polar surface area (TPSA) is 102 Å². The van der Waals surface area contributed by atoms with Gasteiger partial charge < -0.3 is 18.9 Å². The minimum atomic E-state index is -0.331. The van der Waals surface area contributed by atoms with E-state index in [-0.39, 0.29) is 11.2 Å². The molecule has 4 aromatic heterocycles. The fraction of sp³-hybridized carbons (Fsp3) is 0.379. The first-order chi connectivity index (χ1) is 18.7. The van der Waals surface area contributed by atoms with E-state index < -0.39 is 0 Å². The minimum absolute atomic E-state index is 0.210. The largest absolute Gasteiger partial charge is 0.467 e. The van der Waals surface area contributed by atoms with Crippen LogP contribution < -0.4 is 11.2 Å². The van der Waals surface area contributed by atoms with Gasteiger partial charge >= 0.3 is 5.69 Å². The number of hydrogen-bond acceptors (Lipinski definition) is 6. The second-order valence-electron chi connectivity index (χ2n) is 10.2. The van der Waals surface area contributed by atoms with Gasteiger partial charge in [-0.15, -0.1) is 0 Å². The molecular formula is C29H32N6O3. The molecule has 0 aliphatic carbocycles. The maximum Gasteiger partial charge on any atom is 0.328 e. The molecule has 1 N–H and O–H groups in total. The lowest BCUT2D eigenvalue weighted by Crippen LogP contribution is -2.36. The number of imidazole rings is 1. The second kappa shape index (κ2) is 10.8. The first-order valence-corrected chi connectivity index (χ1v) is 13.4. The Morgan fingerprint density at radius 1 is 0.947 bits per heavy atom. The summed E-state index contributed by atoms with van der Waals surface area (Å²) in [5.74, 6) is 2.55. The fourth-order valence-corrected chi connectivity index (χ4v) is 5.57. The van der Waals surface area contributed by atoms with E-state index >= 15 is 0 Å². The molecule has 1 fully saturated rings. The van der Waals surface area contributed by atoms with E-state index in [0.717, 1.165) is 74.5 Å². The molecular weight excluding hydrogens is 480 g/mol. The molecule has 196 valence electrons. The summed E-state index contributed by atoms with van der Waals surface area (Å²) in [7, 11) is 0. The molecule has 0 radical (unpaired) electrons. The quantitative estimate of drug-likeness (QED) is 0.301. The fourth-order valence-electron chi connectivity index (χ4n) is 5.57. The Bertz CT molecular complexity index is 1640. The highest BCUT2D eigenvalue weighted by atomic mass is 16.3. The maximum atomic E-state index is 12.7. The number of pyridine rings is 1. The van der Waals surface area contributed by atoms with Gasteiger partial charge in [0.05, 0.1) is 23.7 Å². The van der Waals surface area contributed by atoms with Crippen molar-refractivity contribution in [2.24, 2.45) is 5.92 Å². The number of benzene rings is 1. The molecule has 9 heteroatoms. The highest BCUT2D eigenvalue weighted by Crippen LogP contribution is 2.24. The van der Waals surface area contributed by atoms with Crippen molar-refractivity contribution in [3.05, 3.63) is 93.4 Å². The number of aromatic nitrogens is 5. The van der Waals surface area contributed by atoms with Gasteiger partial charge in [0, 0.05) is 19.2 Å². The number of likely N-dealkylation sites (tertiary alicyclic amines) is 1. The molecule has 1 aromatic carbocycles. The van der Waals surface area contributed by atoms with Crippen LogP contribution in [0.3, 0.4) is 0 Å². The van der Waals surface area contributed by atoms with Gasteiger partial charge in [0.2, 0.25) is 0 Å². The minimum Gasteiger partial charge on any atom is -0.467 e. The first kappa shape index (κ1) is 24.4. The highest BCUT2D eigenvalue weighted by molar-refractivity contribution is 5.76. The normalized spacial score (nSPS) is 15.1. The Morgan fingerprint density at radius 3 is 2.63 bits per heavy atom. The van der Waals surface area contributed by atoms with Crippen molar-refractivity contribution >= 4 is 22.1 Å². The summed E-state index contributed by atoms with van der Waals surface area (Å²) >= 11 is 0. The predicted molar refractivity (Wildman–Crippen MR) is 146 cm³/mol. The van der Waals surface area contributed by atoms with Crippen LogP contribution in [0.2, 0.25) is 0 Å². The summed E-state index contributed by atoms with van der Waals surface area (Å²) in [6.45, 7) is 4.16. The number of hydrogen-bond donors (Lipinski definition) is 1. The van der Waals surface area contributed by atoms with Gasteiger partial charge in [-0.1, -0.05) is 12.1 Å². The van der Waals surface area contributed by atoms with Gasteiger partial charge in [0.25, 0.3) is 5.56 Å². The Kier molecular flexibility index (Phi) is 6.92. The number of unbranched alkanes of at least 4 members (excludes halogenated alkanes) is 1. The number of furan rings is 1. The molecule has 0 atom stereocenters. The predicted octanol–water partition coefficient (Wildman–Crippen LogP) is 3.81. The summed E-state index contributed by atoms with van der Waals surface area (Å²) in [5.41, 5.74) is 1.88. The summed E-state index contributed by atoms with van der Waals surface area (Å²) < 4.78 is 9.12. The third kappa shape index (κ3) is 5.06. The van der Waals surface area contributed by atoms with E-state index in [1.165, 1.54) is 4.57 Å². The van der Waals surface area contributed by atoms with E-state index in [1.807, 2.05) is 42.6 Å². The highest BCUT2D eigenvalue weighted by Gasteiger charge is 2.22. The maximum absolute atomic E-state index is 12.7. The lowest BCUT2D eigenvalue weighted by Gasteiger charge is -2.31. The van der Waals surface area contributed by atoms with Crippen LogP contribution in [0.25, 0.3) is 22.1 Å². The van der Waals surface area contributed by atoms with Gasteiger partial charge in [0.15, 0.2) is 5.65 Å². The Hall–Kier alpha value is -3.98. The first-order valence-electron chi connectivity index (χ1n) is 13.4. The van der Waals surface area contributed by atoms with Crippen molar-refractivity contribution in [2.45, 2.75) is 45.2 Å². The summed E-state index contributed by atoms with van der Waals surface area (Å²) in [4.78, 5) is 39.9. The van der Waals surface area contributed by atoms with Gasteiger partial charge in [-0.2, -0.15) is 0 Å². The summed E-state index contributed by atoms with van der Waals surface area (Å²) in [5, 5.41) is 0.558. The van der Waals surface area contributed by atoms with Crippen molar-refractivity contribution in [1.29, 1.82) is 0 Å². The summed E-state index contributed by atoms with van der Waals surface area (Å²) in [6.07, 6.45) is 8.45. The molecule has 0 saturated carbocycles. The molecule has 0 spiro atoms. The van der Waals surface area contributed by atoms with Crippen molar-refractivity contribution in [1.82, 2.24) is 29.0 Å². The molecule has 0 amide bonds. The van der Waals surface area contributed by atoms with Crippen LogP contribution in [0.1, 0.15) is 37.3 Å². The smallest absolute Gasteiger partial charge is 0.328 e. The molecule has 5 aromatic rings. The van der Waals surface area contributed by atoms with Crippen LogP contribution in [0.5, 0.6) is 0 Å². The molecule has 1 aliphatic rings. The average Bonchev–Trinajstić information content (AvgIpc) is 3.57. The Balaban J connectivity index is 1.02. The second-order valence-corrected chi connectivity index (χ2v) is 10.2. The van der Waals surface area contributed by atoms with E-state index in [9.17, 15) is 9.59 Å². The van der Waals surface area contributed by atoms with E-state index in [4.69, 9.17) is 9.40 Å². The third-order valence-corrected chi connectivity index (χ3v) is 7.65. The Labute approximate surface area is 219 Å². The van der Waals surface area contributed by atoms with E-state index in [1.54, 1.807) is 18.4 Å². The number of fused-ring (bicyclic) bond motifs is 2. The van der Waals surface area contributed by atoms with Crippen LogP contribution in [0.15, 0.2) is 75.0 Å². The van der Waals surface area contributed by atoms with E-state index in [0.29, 0.717) is 29.9 Å². The molecule has 9 nitrogen and oxygen atoms in total. The van der Waals surface area contributed by atoms with Gasteiger partial charge in [0.1, 0.15) is 17.1 Å². The Morgan fingerprint density at radius 2 is 1.79 bits per heavy atom. The zero-order valence-electron chi connectivity index (χ0n) is 21.4. The lowest BCUT2D eigenvalue weighted by atomic mass is 9.93. The zero-order chi connectivity index (χ0) is 25.9. The van der Waals surface area contributed by atoms with Crippen molar-refractivity contribution < 1.29 is 4.42 Å². The monoisotopic (exact) mass is 512 g/mol. The van der Waals surface area contributed by atoms with Gasteiger partial charge in [-0.05, 0) is 87.6 Å². The molecule has 5 heterocycles. The van der Waals surface area contributed by atoms with E-state index in [2.05, 4.69) is 19.4 Å². The lowest BCUT2D eigenvalue weighted by molar-refractivity contribution is 0.179. The van der Waals surface area contributed by atoms with Crippen molar-refractivity contribution in [2.75, 3.05) is 19.6 Å². The number of nitrogens with one attached hydrogen (secondary N) is 1. The van der Waals surface area contributed by atoms with Crippen molar-refractivity contribution in [3.8, 4) is 0 Å². The van der Waals surface area contributed by atoms with Crippen LogP contribution in [-0.2, 0) is 19.5 Å². The van der Waals surface area contributed by atoms with Gasteiger partial charge in [-0.3, -0.25) is 9.36 Å². The average molecular weight is 513 g/mol. The number of aromatic amines is 1. The number of H-pyrrole nitrogens is 1. The van der Waals surface area contributed by atoms with Gasteiger partial charge in [-0.25, -0.2) is 14.8 Å². The number of rotatable bonds is 9. The van der Waals surface area contributed by atoms with Crippen molar-refractivity contribution in [3.63, 3.8) is 0 Å². The molecule has 1 saturated heterocycles.